The summed E-state index contributed by atoms with van der Waals surface area (Å²) in [5, 5.41) is 13.1. The summed E-state index contributed by atoms with van der Waals surface area (Å²) >= 11 is 1.60. The molecule has 1 saturated heterocycles. The molecule has 7 nitrogen and oxygen atoms in total. The van der Waals surface area contributed by atoms with E-state index in [1.807, 2.05) is 26.8 Å². The van der Waals surface area contributed by atoms with Gasteiger partial charge in [-0.3, -0.25) is 4.79 Å². The highest BCUT2D eigenvalue weighted by Gasteiger charge is 2.29. The topological polar surface area (TPSA) is 91.2 Å². The zero-order valence-electron chi connectivity index (χ0n) is 14.0. The molecule has 1 fully saturated rings. The van der Waals surface area contributed by atoms with Crippen LogP contribution in [0.2, 0.25) is 0 Å². The number of carbonyl (C=O) groups is 1. The van der Waals surface area contributed by atoms with Gasteiger partial charge < -0.3 is 15.3 Å². The largest absolute Gasteiger partial charge is 0.387 e. The van der Waals surface area contributed by atoms with Crippen LogP contribution in [0.3, 0.4) is 0 Å². The number of likely N-dealkylation sites (tertiary alicyclic amines) is 1. The number of aryl methyl sites for hydroxylation is 3. The number of aliphatic hydroxyl groups is 1. The first kappa shape index (κ1) is 16.8. The molecular weight excluding hydrogens is 326 g/mol. The highest BCUT2D eigenvalue weighted by atomic mass is 32.1. The molecule has 1 aliphatic rings. The van der Waals surface area contributed by atoms with Crippen molar-refractivity contribution in [2.45, 2.75) is 33.1 Å². The Kier molecular flexibility index (Phi) is 4.77. The number of rotatable bonds is 4. The predicted octanol–water partition coefficient (Wildman–Crippen LogP) is 1.91. The third-order valence-electron chi connectivity index (χ3n) is 4.18. The maximum absolute atomic E-state index is 11.6. The van der Waals surface area contributed by atoms with Crippen LogP contribution in [0, 0.1) is 20.8 Å². The van der Waals surface area contributed by atoms with E-state index in [1.165, 1.54) is 4.88 Å². The van der Waals surface area contributed by atoms with Crippen LogP contribution in [-0.2, 0) is 4.79 Å². The number of thiazole rings is 1. The quantitative estimate of drug-likeness (QED) is 0.878. The molecule has 0 aromatic carbocycles. The van der Waals surface area contributed by atoms with Gasteiger partial charge in [0.05, 0.1) is 5.69 Å². The molecule has 8 heteroatoms. The van der Waals surface area contributed by atoms with E-state index in [1.54, 1.807) is 16.2 Å². The summed E-state index contributed by atoms with van der Waals surface area (Å²) in [4.78, 5) is 28.1. The van der Waals surface area contributed by atoms with Crippen molar-refractivity contribution in [3.05, 3.63) is 28.2 Å². The van der Waals surface area contributed by atoms with Gasteiger partial charge in [0, 0.05) is 35.6 Å². The van der Waals surface area contributed by atoms with Gasteiger partial charge in [-0.15, -0.1) is 11.3 Å². The van der Waals surface area contributed by atoms with E-state index < -0.39 is 6.61 Å². The summed E-state index contributed by atoms with van der Waals surface area (Å²) in [6, 6.07) is 1.89. The molecule has 0 saturated carbocycles. The molecular formula is C16H21N5O2S. The van der Waals surface area contributed by atoms with Crippen molar-refractivity contribution in [3.8, 4) is 0 Å². The van der Waals surface area contributed by atoms with E-state index in [9.17, 15) is 4.79 Å². The van der Waals surface area contributed by atoms with E-state index in [-0.39, 0.29) is 11.8 Å². The minimum Gasteiger partial charge on any atom is -0.387 e. The minimum absolute atomic E-state index is 0.0979. The van der Waals surface area contributed by atoms with Crippen LogP contribution in [0.5, 0.6) is 0 Å². The Morgan fingerprint density at radius 3 is 2.83 bits per heavy atom. The molecule has 2 aromatic rings. The number of aliphatic hydroxyl groups excluding tert-OH is 1. The summed E-state index contributed by atoms with van der Waals surface area (Å²) in [6.45, 7) is 6.70. The summed E-state index contributed by atoms with van der Waals surface area (Å²) in [7, 11) is 0. The molecule has 1 amide bonds. The van der Waals surface area contributed by atoms with Crippen molar-refractivity contribution >= 4 is 28.2 Å². The second-order valence-electron chi connectivity index (χ2n) is 6.02. The molecule has 0 spiro atoms. The van der Waals surface area contributed by atoms with Crippen molar-refractivity contribution < 1.29 is 9.90 Å². The van der Waals surface area contributed by atoms with Crippen LogP contribution >= 0.6 is 11.3 Å². The van der Waals surface area contributed by atoms with Crippen molar-refractivity contribution in [2.75, 3.05) is 25.0 Å². The Labute approximate surface area is 144 Å². The Morgan fingerprint density at radius 2 is 2.17 bits per heavy atom. The van der Waals surface area contributed by atoms with Gasteiger partial charge >= 0.3 is 0 Å². The number of anilines is 2. The van der Waals surface area contributed by atoms with E-state index in [0.717, 1.165) is 34.6 Å². The zero-order valence-corrected chi connectivity index (χ0v) is 14.9. The number of hydrogen-bond donors (Lipinski definition) is 2. The summed E-state index contributed by atoms with van der Waals surface area (Å²) in [5.41, 5.74) is 1.89. The molecule has 1 aliphatic heterocycles. The average molecular weight is 347 g/mol. The molecule has 2 aromatic heterocycles. The number of hydrogen-bond acceptors (Lipinski definition) is 7. The second kappa shape index (κ2) is 6.82. The van der Waals surface area contributed by atoms with E-state index in [4.69, 9.17) is 5.11 Å². The fraction of sp³-hybridized carbons (Fsp3) is 0.500. The standard InChI is InChI=1S/C16H21N5O2S/c1-9-6-13(20-16-18-10(2)11(3)24-16)19-15(17-9)12-4-5-21(7-12)14(23)8-22/h6,12,22H,4-5,7-8H2,1-3H3,(H,17,18,19,20)/t12-/m0/s1. The third-order valence-corrected chi connectivity index (χ3v) is 5.16. The van der Waals surface area contributed by atoms with Crippen molar-refractivity contribution in [1.82, 2.24) is 19.9 Å². The molecule has 24 heavy (non-hydrogen) atoms. The third kappa shape index (κ3) is 3.54. The lowest BCUT2D eigenvalue weighted by molar-refractivity contribution is -0.133. The Morgan fingerprint density at radius 1 is 1.38 bits per heavy atom. The van der Waals surface area contributed by atoms with Crippen LogP contribution in [0.1, 0.15) is 34.4 Å². The first-order chi connectivity index (χ1) is 11.5. The zero-order chi connectivity index (χ0) is 17.3. The number of carbonyl (C=O) groups excluding carboxylic acids is 1. The van der Waals surface area contributed by atoms with E-state index in [2.05, 4.69) is 20.3 Å². The molecule has 3 heterocycles. The molecule has 0 aliphatic carbocycles. The number of nitrogens with zero attached hydrogens (tertiary/aromatic N) is 4. The lowest BCUT2D eigenvalue weighted by atomic mass is 10.1. The van der Waals surface area contributed by atoms with E-state index in [0.29, 0.717) is 13.1 Å². The maximum Gasteiger partial charge on any atom is 0.248 e. The monoisotopic (exact) mass is 347 g/mol. The van der Waals surface area contributed by atoms with Crippen molar-refractivity contribution in [1.29, 1.82) is 0 Å². The minimum atomic E-state index is -0.447. The lowest BCUT2D eigenvalue weighted by Gasteiger charge is -2.15. The van der Waals surface area contributed by atoms with Crippen LogP contribution in [0.25, 0.3) is 0 Å². The molecule has 3 rings (SSSR count). The highest BCUT2D eigenvalue weighted by molar-refractivity contribution is 7.15. The van der Waals surface area contributed by atoms with Crippen LogP contribution < -0.4 is 5.32 Å². The molecule has 1 atom stereocenters. The molecule has 0 unspecified atom stereocenters. The smallest absolute Gasteiger partial charge is 0.248 e. The van der Waals surface area contributed by atoms with Gasteiger partial charge in [-0.2, -0.15) is 0 Å². The molecule has 0 bridgehead atoms. The normalized spacial score (nSPS) is 17.3. The number of amides is 1. The van der Waals surface area contributed by atoms with Gasteiger partial charge in [-0.25, -0.2) is 15.0 Å². The van der Waals surface area contributed by atoms with Crippen molar-refractivity contribution in [2.24, 2.45) is 0 Å². The molecule has 128 valence electrons. The summed E-state index contributed by atoms with van der Waals surface area (Å²) in [5.74, 6) is 1.31. The molecule has 0 radical (unpaired) electrons. The predicted molar refractivity (Wildman–Crippen MR) is 92.7 cm³/mol. The van der Waals surface area contributed by atoms with Gasteiger partial charge in [-0.1, -0.05) is 0 Å². The lowest BCUT2D eigenvalue weighted by Crippen LogP contribution is -2.30. The highest BCUT2D eigenvalue weighted by Crippen LogP contribution is 2.28. The fourth-order valence-electron chi connectivity index (χ4n) is 2.77. The average Bonchev–Trinajstić information content (AvgIpc) is 3.14. The van der Waals surface area contributed by atoms with Gasteiger partial charge in [-0.05, 0) is 27.2 Å². The Hall–Kier alpha value is -2.06. The van der Waals surface area contributed by atoms with Crippen LogP contribution in [0.4, 0.5) is 10.9 Å². The van der Waals surface area contributed by atoms with Gasteiger partial charge in [0.1, 0.15) is 18.2 Å². The van der Waals surface area contributed by atoms with Crippen molar-refractivity contribution in [3.63, 3.8) is 0 Å². The second-order valence-corrected chi connectivity index (χ2v) is 7.23. The number of nitrogens with one attached hydrogen (secondary N) is 1. The van der Waals surface area contributed by atoms with Crippen LogP contribution in [0.15, 0.2) is 6.07 Å². The summed E-state index contributed by atoms with van der Waals surface area (Å²) in [6.07, 6.45) is 0.810. The Bertz CT molecular complexity index is 741. The first-order valence-electron chi connectivity index (χ1n) is 7.91. The summed E-state index contributed by atoms with van der Waals surface area (Å²) < 4.78 is 0. The van der Waals surface area contributed by atoms with Gasteiger partial charge in [0.2, 0.25) is 5.91 Å². The number of aromatic nitrogens is 3. The fourth-order valence-corrected chi connectivity index (χ4v) is 3.59. The van der Waals surface area contributed by atoms with Gasteiger partial charge in [0.15, 0.2) is 5.13 Å². The maximum atomic E-state index is 11.6. The van der Waals surface area contributed by atoms with Crippen LogP contribution in [-0.4, -0.2) is 50.6 Å². The first-order valence-corrected chi connectivity index (χ1v) is 8.73. The molecule has 2 N–H and O–H groups in total. The van der Waals surface area contributed by atoms with E-state index >= 15 is 0 Å². The SMILES string of the molecule is Cc1cc(Nc2nc(C)c(C)s2)nc([C@H]2CCN(C(=O)CO)C2)n1. The van der Waals surface area contributed by atoms with Gasteiger partial charge in [0.25, 0.3) is 0 Å². The Balaban J connectivity index is 1.78.